The normalized spacial score (nSPS) is 18.6. The van der Waals surface area contributed by atoms with E-state index < -0.39 is 5.54 Å². The third-order valence-electron chi connectivity index (χ3n) is 7.45. The second kappa shape index (κ2) is 8.51. The maximum Gasteiger partial charge on any atom is 0.332 e. The van der Waals surface area contributed by atoms with Crippen LogP contribution in [-0.2, 0) is 23.3 Å². The SMILES string of the molecule is COc1ccc(CNC(=O)c2cccc(N3C(=O)N4CCc5c([nH]c6ccccc56)C4(C)C3=O)c2)cc1. The van der Waals surface area contributed by atoms with Crippen LogP contribution in [0.5, 0.6) is 5.75 Å². The van der Waals surface area contributed by atoms with Crippen molar-refractivity contribution in [2.24, 2.45) is 0 Å². The molecule has 8 nitrogen and oxygen atoms in total. The number of para-hydroxylation sites is 1. The maximum atomic E-state index is 13.9. The fraction of sp³-hybridized carbons (Fsp3) is 0.207. The van der Waals surface area contributed by atoms with Crippen molar-refractivity contribution in [3.05, 3.63) is 95.2 Å². The first-order valence-electron chi connectivity index (χ1n) is 12.2. The van der Waals surface area contributed by atoms with Gasteiger partial charge in [0.05, 0.1) is 18.5 Å². The van der Waals surface area contributed by atoms with Crippen LogP contribution in [0.25, 0.3) is 10.9 Å². The molecule has 2 aliphatic rings. The number of nitrogens with one attached hydrogen (secondary N) is 2. The van der Waals surface area contributed by atoms with Gasteiger partial charge in [0, 0.05) is 29.6 Å². The number of urea groups is 1. The molecule has 0 spiro atoms. The Morgan fingerprint density at radius 3 is 2.62 bits per heavy atom. The van der Waals surface area contributed by atoms with Gasteiger partial charge in [-0.15, -0.1) is 0 Å². The van der Waals surface area contributed by atoms with Gasteiger partial charge in [0.1, 0.15) is 5.75 Å². The van der Waals surface area contributed by atoms with Crippen molar-refractivity contribution in [3.63, 3.8) is 0 Å². The van der Waals surface area contributed by atoms with Crippen LogP contribution in [0.1, 0.15) is 34.1 Å². The summed E-state index contributed by atoms with van der Waals surface area (Å²) in [5.74, 6) is 0.117. The summed E-state index contributed by atoms with van der Waals surface area (Å²) in [5.41, 5.74) is 3.31. The van der Waals surface area contributed by atoms with Crippen molar-refractivity contribution in [2.45, 2.75) is 25.4 Å². The molecule has 2 aliphatic heterocycles. The van der Waals surface area contributed by atoms with Crippen molar-refractivity contribution in [2.75, 3.05) is 18.6 Å². The number of ether oxygens (including phenoxy) is 1. The van der Waals surface area contributed by atoms with Crippen molar-refractivity contribution in [1.82, 2.24) is 15.2 Å². The largest absolute Gasteiger partial charge is 0.497 e. The number of nitrogens with zero attached hydrogens (tertiary/aromatic N) is 2. The lowest BCUT2D eigenvalue weighted by atomic mass is 9.87. The molecule has 2 N–H and O–H groups in total. The predicted octanol–water partition coefficient (Wildman–Crippen LogP) is 4.35. The molecule has 8 heteroatoms. The minimum atomic E-state index is -1.14. The number of fused-ring (bicyclic) bond motifs is 5. The lowest BCUT2D eigenvalue weighted by Gasteiger charge is -2.35. The summed E-state index contributed by atoms with van der Waals surface area (Å²) in [7, 11) is 1.60. The van der Waals surface area contributed by atoms with Crippen molar-refractivity contribution >= 4 is 34.4 Å². The molecule has 3 heterocycles. The number of aromatic amines is 1. The summed E-state index contributed by atoms with van der Waals surface area (Å²) < 4.78 is 5.17. The fourth-order valence-electron chi connectivity index (χ4n) is 5.43. The first kappa shape index (κ1) is 22.8. The first-order chi connectivity index (χ1) is 17.9. The summed E-state index contributed by atoms with van der Waals surface area (Å²) in [6.07, 6.45) is 0.662. The highest BCUT2D eigenvalue weighted by Gasteiger charge is 2.59. The standard InChI is InChI=1S/C29H26N4O4/c1-29-25-23(22-8-3-4-9-24(22)31-25)14-15-32(29)28(36)33(27(29)35)20-7-5-6-19(16-20)26(34)30-17-18-10-12-21(37-2)13-11-18/h3-13,16,31H,14-15,17H2,1-2H3,(H,30,34). The average molecular weight is 495 g/mol. The van der Waals surface area contributed by atoms with E-state index >= 15 is 0 Å². The molecule has 186 valence electrons. The van der Waals surface area contributed by atoms with Crippen LogP contribution < -0.4 is 15.0 Å². The second-order valence-corrected chi connectivity index (χ2v) is 9.50. The zero-order valence-corrected chi connectivity index (χ0v) is 20.6. The molecule has 1 atom stereocenters. The molecule has 0 saturated carbocycles. The van der Waals surface area contributed by atoms with E-state index in [0.29, 0.717) is 30.8 Å². The number of hydrogen-bond donors (Lipinski definition) is 2. The van der Waals surface area contributed by atoms with E-state index in [0.717, 1.165) is 33.5 Å². The molecular formula is C29H26N4O4. The highest BCUT2D eigenvalue weighted by molar-refractivity contribution is 6.24. The summed E-state index contributed by atoms with van der Waals surface area (Å²) in [5, 5.41) is 3.97. The number of methoxy groups -OCH3 is 1. The van der Waals surface area contributed by atoms with Gasteiger partial charge in [-0.05, 0) is 60.9 Å². The Balaban J connectivity index is 1.28. The van der Waals surface area contributed by atoms with Gasteiger partial charge in [0.15, 0.2) is 5.54 Å². The van der Waals surface area contributed by atoms with Crippen LogP contribution >= 0.6 is 0 Å². The van der Waals surface area contributed by atoms with Crippen molar-refractivity contribution < 1.29 is 19.1 Å². The third-order valence-corrected chi connectivity index (χ3v) is 7.45. The summed E-state index contributed by atoms with van der Waals surface area (Å²) in [4.78, 5) is 46.6. The quantitative estimate of drug-likeness (QED) is 0.404. The van der Waals surface area contributed by atoms with E-state index in [1.807, 2.05) is 48.5 Å². The van der Waals surface area contributed by atoms with Gasteiger partial charge >= 0.3 is 6.03 Å². The van der Waals surface area contributed by atoms with Gasteiger partial charge in [-0.3, -0.25) is 9.59 Å². The Morgan fingerprint density at radius 2 is 1.84 bits per heavy atom. The predicted molar refractivity (Wildman–Crippen MR) is 140 cm³/mol. The molecule has 3 aromatic carbocycles. The minimum Gasteiger partial charge on any atom is -0.497 e. The Kier molecular flexibility index (Phi) is 5.26. The average Bonchev–Trinajstić information content (AvgIpc) is 3.41. The van der Waals surface area contributed by atoms with Crippen molar-refractivity contribution in [3.8, 4) is 5.75 Å². The molecule has 1 fully saturated rings. The number of anilines is 1. The van der Waals surface area contributed by atoms with Gasteiger partial charge in [0.25, 0.3) is 11.8 Å². The van der Waals surface area contributed by atoms with E-state index in [4.69, 9.17) is 4.74 Å². The number of H-pyrrole nitrogens is 1. The molecule has 1 aromatic heterocycles. The molecule has 0 aliphatic carbocycles. The summed E-state index contributed by atoms with van der Waals surface area (Å²) >= 11 is 0. The number of aromatic nitrogens is 1. The number of carbonyl (C=O) groups is 3. The van der Waals surface area contributed by atoms with Gasteiger partial charge in [-0.25, -0.2) is 9.69 Å². The molecule has 1 unspecified atom stereocenters. The summed E-state index contributed by atoms with van der Waals surface area (Å²) in [6.45, 7) is 2.57. The van der Waals surface area contributed by atoms with E-state index in [2.05, 4.69) is 10.3 Å². The number of imide groups is 1. The molecule has 4 aromatic rings. The number of hydrogen-bond acceptors (Lipinski definition) is 4. The molecule has 4 amide bonds. The number of rotatable bonds is 5. The molecule has 0 bridgehead atoms. The van der Waals surface area contributed by atoms with Gasteiger partial charge in [0.2, 0.25) is 0 Å². The smallest absolute Gasteiger partial charge is 0.332 e. The van der Waals surface area contributed by atoms with E-state index in [1.165, 1.54) is 4.90 Å². The van der Waals surface area contributed by atoms with Crippen LogP contribution in [0.3, 0.4) is 0 Å². The molecule has 6 rings (SSSR count). The molecular weight excluding hydrogens is 468 g/mol. The molecule has 1 saturated heterocycles. The lowest BCUT2D eigenvalue weighted by molar-refractivity contribution is -0.125. The second-order valence-electron chi connectivity index (χ2n) is 9.50. The summed E-state index contributed by atoms with van der Waals surface area (Å²) in [6, 6.07) is 21.6. The first-order valence-corrected chi connectivity index (χ1v) is 12.2. The van der Waals surface area contributed by atoms with Gasteiger partial charge in [-0.1, -0.05) is 36.4 Å². The number of benzene rings is 3. The van der Waals surface area contributed by atoms with Crippen LogP contribution in [-0.4, -0.2) is 41.4 Å². The zero-order valence-electron chi connectivity index (χ0n) is 20.6. The highest BCUT2D eigenvalue weighted by atomic mass is 16.5. The fourth-order valence-corrected chi connectivity index (χ4v) is 5.43. The molecule has 0 radical (unpaired) electrons. The highest BCUT2D eigenvalue weighted by Crippen LogP contribution is 2.45. The molecule has 37 heavy (non-hydrogen) atoms. The van der Waals surface area contributed by atoms with Crippen molar-refractivity contribution in [1.29, 1.82) is 0 Å². The van der Waals surface area contributed by atoms with E-state index in [9.17, 15) is 14.4 Å². The number of amides is 4. The Labute approximate surface area is 213 Å². The third kappa shape index (κ3) is 3.48. The van der Waals surface area contributed by atoms with Crippen LogP contribution in [0.4, 0.5) is 10.5 Å². The van der Waals surface area contributed by atoms with E-state index in [-0.39, 0.29) is 17.8 Å². The maximum absolute atomic E-state index is 13.9. The van der Waals surface area contributed by atoms with Crippen LogP contribution in [0.15, 0.2) is 72.8 Å². The Bertz CT molecular complexity index is 1560. The number of carbonyl (C=O) groups excluding carboxylic acids is 3. The Morgan fingerprint density at radius 1 is 1.05 bits per heavy atom. The van der Waals surface area contributed by atoms with Crippen LogP contribution in [0.2, 0.25) is 0 Å². The van der Waals surface area contributed by atoms with Gasteiger partial charge in [-0.2, -0.15) is 0 Å². The van der Waals surface area contributed by atoms with Crippen LogP contribution in [0, 0.1) is 0 Å². The van der Waals surface area contributed by atoms with Gasteiger partial charge < -0.3 is 19.9 Å². The Hall–Kier alpha value is -4.59. The topological polar surface area (TPSA) is 94.7 Å². The minimum absolute atomic E-state index is 0.293. The monoisotopic (exact) mass is 494 g/mol. The van der Waals surface area contributed by atoms with E-state index in [1.54, 1.807) is 43.2 Å². The lowest BCUT2D eigenvalue weighted by Crippen LogP contribution is -2.49. The zero-order chi connectivity index (χ0) is 25.7.